The van der Waals surface area contributed by atoms with E-state index in [2.05, 4.69) is 2.69 Å². The van der Waals surface area contributed by atoms with Gasteiger partial charge in [0.15, 0.2) is 0 Å². The molecule has 0 rings (SSSR count). The zero-order chi connectivity index (χ0) is 5.21. The number of hydrogen-bond acceptors (Lipinski definition) is 3. The Labute approximate surface area is 47.9 Å². The van der Waals surface area contributed by atoms with Crippen molar-refractivity contribution in [2.24, 2.45) is 0 Å². The molecule has 0 aliphatic carbocycles. The first kappa shape index (κ1) is 6.61. The Morgan fingerprint density at radius 3 is 1.83 bits per heavy atom. The first-order valence-electron chi connectivity index (χ1n) is 0.806. The molecule has 0 aliphatic rings. The van der Waals surface area contributed by atoms with Crippen LogP contribution in [-0.4, -0.2) is 13.0 Å². The van der Waals surface area contributed by atoms with Crippen molar-refractivity contribution in [1.82, 2.24) is 0 Å². The van der Waals surface area contributed by atoms with Crippen molar-refractivity contribution < 1.29 is 37.1 Å². The van der Waals surface area contributed by atoms with Crippen molar-refractivity contribution in [3.63, 3.8) is 0 Å². The summed E-state index contributed by atoms with van der Waals surface area (Å²) in [4.78, 5) is 0. The van der Waals surface area contributed by atoms with Crippen LogP contribution in [0.15, 0.2) is 0 Å². The average molecular weight is 294 g/mol. The van der Waals surface area contributed by atoms with Crippen molar-refractivity contribution in [1.29, 1.82) is 0 Å². The summed E-state index contributed by atoms with van der Waals surface area (Å²) in [6.45, 7) is 0. The van der Waals surface area contributed by atoms with Crippen LogP contribution in [0.2, 0.25) is 0 Å². The Morgan fingerprint density at radius 1 is 1.67 bits per heavy atom. The van der Waals surface area contributed by atoms with Crippen molar-refractivity contribution in [3.8, 4) is 0 Å². The molecule has 0 bridgehead atoms. The molecule has 0 amide bonds. The summed E-state index contributed by atoms with van der Waals surface area (Å²) < 4.78 is 29.6. The van der Waals surface area contributed by atoms with Crippen molar-refractivity contribution in [2.45, 2.75) is 0 Å². The first-order valence-corrected chi connectivity index (χ1v) is 3.06. The summed E-state index contributed by atoms with van der Waals surface area (Å²) in [5, 5.41) is 0. The van der Waals surface area contributed by atoms with Crippen LogP contribution in [0.4, 0.5) is 0 Å². The molecule has 0 aromatic heterocycles. The van der Waals surface area contributed by atoms with E-state index in [1.54, 1.807) is 0 Å². The molecule has 0 aromatic rings. The third-order valence-electron chi connectivity index (χ3n) is 0.0635. The number of rotatable bonds is 1. The van der Waals surface area contributed by atoms with E-state index in [1.807, 2.05) is 0 Å². The standard InChI is InChI=1S/Au.H2O4S/c;1-5(2,3)4/h;(H2,1,2,3,4)/q+1;/p-1. The van der Waals surface area contributed by atoms with Gasteiger partial charge >= 0.3 is 47.5 Å². The number of hydrogen-bond donors (Lipinski definition) is 1. The normalized spacial score (nSPS) is 11.8. The molecule has 0 atom stereocenters. The molecule has 6 heavy (non-hydrogen) atoms. The Balaban J connectivity index is 3.85. The van der Waals surface area contributed by atoms with Crippen LogP contribution in [0.1, 0.15) is 0 Å². The third kappa shape index (κ3) is 4.61. The fraction of sp³-hybridized carbons (Fsp3) is 0. The van der Waals surface area contributed by atoms with E-state index in [1.165, 1.54) is 21.5 Å². The van der Waals surface area contributed by atoms with Crippen LogP contribution < -0.4 is 0 Å². The maximum atomic E-state index is 9.32. The summed E-state index contributed by atoms with van der Waals surface area (Å²) in [5.41, 5.74) is 0. The monoisotopic (exact) mass is 294 g/mol. The second kappa shape index (κ2) is 2.06. The van der Waals surface area contributed by atoms with Gasteiger partial charge in [0.05, 0.1) is 0 Å². The summed E-state index contributed by atoms with van der Waals surface area (Å²) >= 11 is 1.21. The van der Waals surface area contributed by atoms with Crippen LogP contribution in [0, 0.1) is 0 Å². The predicted octanol–water partition coefficient (Wildman–Crippen LogP) is -0.732. The van der Waals surface area contributed by atoms with E-state index in [0.29, 0.717) is 0 Å². The molecular formula is HAuO4S. The van der Waals surface area contributed by atoms with Gasteiger partial charge in [0.1, 0.15) is 0 Å². The molecule has 0 fully saturated rings. The Morgan fingerprint density at radius 2 is 1.83 bits per heavy atom. The van der Waals surface area contributed by atoms with Crippen LogP contribution in [0.3, 0.4) is 0 Å². The molecule has 0 aromatic carbocycles. The Hall–Kier alpha value is 0.610. The molecule has 0 radical (unpaired) electrons. The zero-order valence-electron chi connectivity index (χ0n) is 2.38. The van der Waals surface area contributed by atoms with Crippen LogP contribution in [0.25, 0.3) is 0 Å². The topological polar surface area (TPSA) is 63.6 Å². The second-order valence-electron chi connectivity index (χ2n) is 0.478. The van der Waals surface area contributed by atoms with Gasteiger partial charge in [0.2, 0.25) is 0 Å². The SMILES string of the molecule is O=S(=O)(O)[O][Au]. The van der Waals surface area contributed by atoms with Gasteiger partial charge in [-0.3, -0.25) is 0 Å². The molecular weight excluding hydrogens is 293 g/mol. The molecule has 42 valence electrons. The first-order chi connectivity index (χ1) is 2.56. The van der Waals surface area contributed by atoms with Crippen molar-refractivity contribution in [2.75, 3.05) is 0 Å². The zero-order valence-corrected chi connectivity index (χ0v) is 5.36. The second-order valence-corrected chi connectivity index (χ2v) is 2.52. The van der Waals surface area contributed by atoms with E-state index in [-0.39, 0.29) is 0 Å². The van der Waals surface area contributed by atoms with E-state index in [0.717, 1.165) is 0 Å². The van der Waals surface area contributed by atoms with Gasteiger partial charge < -0.3 is 0 Å². The fourth-order valence-corrected chi connectivity index (χ4v) is 0. The Bertz CT molecular complexity index is 110. The average Bonchev–Trinajstić information content (AvgIpc) is 1.35. The summed E-state index contributed by atoms with van der Waals surface area (Å²) in [6.07, 6.45) is 0. The minimum atomic E-state index is -4.19. The molecule has 4 nitrogen and oxygen atoms in total. The summed E-state index contributed by atoms with van der Waals surface area (Å²) in [7, 11) is -4.19. The predicted molar refractivity (Wildman–Crippen MR) is 12.6 cm³/mol. The van der Waals surface area contributed by atoms with Crippen molar-refractivity contribution >= 4 is 10.4 Å². The molecule has 0 saturated heterocycles. The quantitative estimate of drug-likeness (QED) is 0.511. The van der Waals surface area contributed by atoms with E-state index in [9.17, 15) is 8.42 Å². The molecule has 0 aliphatic heterocycles. The summed E-state index contributed by atoms with van der Waals surface area (Å²) in [6, 6.07) is 0. The molecule has 1 N–H and O–H groups in total. The van der Waals surface area contributed by atoms with Gasteiger partial charge in [-0.1, -0.05) is 0 Å². The Kier molecular flexibility index (Phi) is 2.27. The van der Waals surface area contributed by atoms with E-state index < -0.39 is 10.4 Å². The molecule has 0 spiro atoms. The van der Waals surface area contributed by atoms with Crippen LogP contribution in [0.5, 0.6) is 0 Å². The molecule has 0 heterocycles. The van der Waals surface area contributed by atoms with Gasteiger partial charge in [0.25, 0.3) is 0 Å². The van der Waals surface area contributed by atoms with Crippen molar-refractivity contribution in [3.05, 3.63) is 0 Å². The minimum absolute atomic E-state index is 1.21. The summed E-state index contributed by atoms with van der Waals surface area (Å²) in [5.74, 6) is 0. The molecule has 0 unspecified atom stereocenters. The van der Waals surface area contributed by atoms with Gasteiger partial charge in [0, 0.05) is 0 Å². The van der Waals surface area contributed by atoms with E-state index in [4.69, 9.17) is 4.55 Å². The molecule has 6 heteroatoms. The van der Waals surface area contributed by atoms with Gasteiger partial charge in [-0.2, -0.15) is 0 Å². The van der Waals surface area contributed by atoms with Gasteiger partial charge in [-0.25, -0.2) is 0 Å². The van der Waals surface area contributed by atoms with Gasteiger partial charge in [-0.15, -0.1) is 0 Å². The molecule has 0 saturated carbocycles. The third-order valence-corrected chi connectivity index (χ3v) is 1.56. The van der Waals surface area contributed by atoms with Crippen LogP contribution >= 0.6 is 0 Å². The fourth-order valence-electron chi connectivity index (χ4n) is 0. The van der Waals surface area contributed by atoms with Gasteiger partial charge in [-0.05, 0) is 0 Å². The maximum absolute atomic E-state index is 9.32. The van der Waals surface area contributed by atoms with Crippen LogP contribution in [-0.2, 0) is 34.6 Å². The van der Waals surface area contributed by atoms with E-state index >= 15 is 0 Å².